The molecule has 0 rings (SSSR count). The van der Waals surface area contributed by atoms with Crippen molar-refractivity contribution >= 4 is 21.8 Å². The van der Waals surface area contributed by atoms with E-state index in [2.05, 4.69) is 5.73 Å². The molecule has 0 aliphatic rings. The van der Waals surface area contributed by atoms with Crippen LogP contribution in [-0.2, 0) is 14.6 Å². The predicted octanol–water partition coefficient (Wildman–Crippen LogP) is -2.06. The Hall–Kier alpha value is -1.15. The highest BCUT2D eigenvalue weighted by atomic mass is 32.2. The summed E-state index contributed by atoms with van der Waals surface area (Å²) in [5, 5.41) is 0.366. The predicted molar refractivity (Wildman–Crippen MR) is 50.0 cm³/mol. The summed E-state index contributed by atoms with van der Waals surface area (Å²) in [6.45, 7) is 1.10. The number of amides is 3. The maximum absolute atomic E-state index is 11.3. The topological polar surface area (TPSA) is 132 Å². The molecule has 0 spiro atoms. The molecule has 0 radical (unpaired) electrons. The molecular formula is C6H13N3O4S. The van der Waals surface area contributed by atoms with Gasteiger partial charge in [-0.2, -0.15) is 0 Å². The van der Waals surface area contributed by atoms with Crippen LogP contribution in [0.2, 0.25) is 0 Å². The summed E-state index contributed by atoms with van der Waals surface area (Å²) in [5.41, 5.74) is 9.71. The molecule has 0 saturated heterocycles. The van der Waals surface area contributed by atoms with E-state index in [-0.39, 0.29) is 12.3 Å². The van der Waals surface area contributed by atoms with Crippen molar-refractivity contribution in [2.24, 2.45) is 11.5 Å². The third-order valence-corrected chi connectivity index (χ3v) is 3.65. The SMILES string of the molecule is CC(C(=O)NC(N)=O)S(=O)(=O)CCN. The van der Waals surface area contributed by atoms with E-state index in [1.54, 1.807) is 5.32 Å². The van der Waals surface area contributed by atoms with Gasteiger partial charge >= 0.3 is 6.03 Å². The van der Waals surface area contributed by atoms with E-state index in [1.165, 1.54) is 6.92 Å². The normalized spacial score (nSPS) is 13.3. The van der Waals surface area contributed by atoms with Gasteiger partial charge in [-0.25, -0.2) is 13.2 Å². The lowest BCUT2D eigenvalue weighted by molar-refractivity contribution is -0.119. The van der Waals surface area contributed by atoms with E-state index in [4.69, 9.17) is 5.73 Å². The first-order valence-corrected chi connectivity index (χ1v) is 5.54. The summed E-state index contributed by atoms with van der Waals surface area (Å²) in [5.74, 6) is -1.24. The minimum atomic E-state index is -3.60. The lowest BCUT2D eigenvalue weighted by Gasteiger charge is -2.10. The van der Waals surface area contributed by atoms with E-state index in [1.807, 2.05) is 0 Å². The lowest BCUT2D eigenvalue weighted by atomic mass is 10.4. The molecule has 0 fully saturated rings. The molecular weight excluding hydrogens is 210 g/mol. The van der Waals surface area contributed by atoms with Crippen LogP contribution in [-0.4, -0.2) is 37.9 Å². The number of hydrogen-bond donors (Lipinski definition) is 3. The Bertz CT molecular complexity index is 324. The standard InChI is InChI=1S/C6H13N3O4S/c1-4(5(10)9-6(8)11)14(12,13)3-2-7/h4H,2-3,7H2,1H3,(H3,8,9,10,11). The number of rotatable bonds is 4. The Morgan fingerprint density at radius 2 is 1.93 bits per heavy atom. The number of carbonyl (C=O) groups excluding carboxylic acids is 2. The molecule has 7 nitrogen and oxygen atoms in total. The highest BCUT2D eigenvalue weighted by molar-refractivity contribution is 7.92. The number of urea groups is 1. The smallest absolute Gasteiger partial charge is 0.318 e. The van der Waals surface area contributed by atoms with Crippen molar-refractivity contribution in [3.05, 3.63) is 0 Å². The first kappa shape index (κ1) is 12.8. The summed E-state index contributed by atoms with van der Waals surface area (Å²) >= 11 is 0. The quantitative estimate of drug-likeness (QED) is 0.504. The van der Waals surface area contributed by atoms with Crippen molar-refractivity contribution in [1.82, 2.24) is 5.32 Å². The average Bonchev–Trinajstić information content (AvgIpc) is 2.01. The van der Waals surface area contributed by atoms with Gasteiger partial charge in [-0.15, -0.1) is 0 Å². The third-order valence-electron chi connectivity index (χ3n) is 1.56. The molecule has 0 aromatic rings. The highest BCUT2D eigenvalue weighted by Crippen LogP contribution is 2.01. The van der Waals surface area contributed by atoms with Crippen molar-refractivity contribution in [3.63, 3.8) is 0 Å². The molecule has 1 atom stereocenters. The Labute approximate surface area is 81.7 Å². The molecule has 0 aliphatic heterocycles. The van der Waals surface area contributed by atoms with E-state index in [0.717, 1.165) is 0 Å². The fourth-order valence-corrected chi connectivity index (χ4v) is 1.79. The molecule has 0 aromatic carbocycles. The van der Waals surface area contributed by atoms with Crippen LogP contribution < -0.4 is 16.8 Å². The third kappa shape index (κ3) is 3.71. The van der Waals surface area contributed by atoms with Gasteiger partial charge in [0.15, 0.2) is 9.84 Å². The van der Waals surface area contributed by atoms with Gasteiger partial charge in [-0.05, 0) is 6.92 Å². The molecule has 0 heterocycles. The molecule has 1 unspecified atom stereocenters. The Balaban J connectivity index is 4.54. The molecule has 5 N–H and O–H groups in total. The summed E-state index contributed by atoms with van der Waals surface area (Å²) in [4.78, 5) is 21.3. The lowest BCUT2D eigenvalue weighted by Crippen LogP contribution is -2.44. The van der Waals surface area contributed by atoms with Gasteiger partial charge in [0.1, 0.15) is 5.25 Å². The van der Waals surface area contributed by atoms with Gasteiger partial charge in [0.2, 0.25) is 5.91 Å². The van der Waals surface area contributed by atoms with Crippen molar-refractivity contribution < 1.29 is 18.0 Å². The van der Waals surface area contributed by atoms with Crippen LogP contribution in [0.4, 0.5) is 4.79 Å². The number of imide groups is 1. The highest BCUT2D eigenvalue weighted by Gasteiger charge is 2.27. The van der Waals surface area contributed by atoms with Crippen LogP contribution in [0.1, 0.15) is 6.92 Å². The van der Waals surface area contributed by atoms with Crippen molar-refractivity contribution in [2.75, 3.05) is 12.3 Å². The second kappa shape index (κ2) is 4.91. The molecule has 0 saturated carbocycles. The number of nitrogens with one attached hydrogen (secondary N) is 1. The van der Waals surface area contributed by atoms with E-state index < -0.39 is 27.0 Å². The van der Waals surface area contributed by atoms with Gasteiger partial charge in [0.25, 0.3) is 0 Å². The molecule has 0 bridgehead atoms. The van der Waals surface area contributed by atoms with E-state index in [9.17, 15) is 18.0 Å². The number of nitrogens with two attached hydrogens (primary N) is 2. The summed E-state index contributed by atoms with van der Waals surface area (Å²) in [7, 11) is -3.60. The van der Waals surface area contributed by atoms with Gasteiger partial charge in [-0.1, -0.05) is 0 Å². The Morgan fingerprint density at radius 3 is 2.29 bits per heavy atom. The zero-order valence-electron chi connectivity index (χ0n) is 7.69. The largest absolute Gasteiger partial charge is 0.351 e. The summed E-state index contributed by atoms with van der Waals surface area (Å²) in [6.07, 6.45) is 0. The van der Waals surface area contributed by atoms with Crippen LogP contribution in [0.15, 0.2) is 0 Å². The average molecular weight is 223 g/mol. The summed E-state index contributed by atoms with van der Waals surface area (Å²) < 4.78 is 22.5. The van der Waals surface area contributed by atoms with Crippen molar-refractivity contribution in [2.45, 2.75) is 12.2 Å². The van der Waals surface area contributed by atoms with Crippen molar-refractivity contribution in [1.29, 1.82) is 0 Å². The zero-order valence-corrected chi connectivity index (χ0v) is 8.50. The molecule has 8 heteroatoms. The minimum absolute atomic E-state index is 0.0729. The van der Waals surface area contributed by atoms with Gasteiger partial charge in [0.05, 0.1) is 5.75 Å². The second-order valence-corrected chi connectivity index (χ2v) is 5.09. The number of carbonyl (C=O) groups is 2. The first-order chi connectivity index (χ1) is 6.31. The maximum atomic E-state index is 11.3. The van der Waals surface area contributed by atoms with Gasteiger partial charge < -0.3 is 11.5 Å². The molecule has 0 aromatic heterocycles. The van der Waals surface area contributed by atoms with Crippen molar-refractivity contribution in [3.8, 4) is 0 Å². The molecule has 0 aliphatic carbocycles. The Morgan fingerprint density at radius 1 is 1.43 bits per heavy atom. The van der Waals surface area contributed by atoms with Crippen LogP contribution >= 0.6 is 0 Å². The minimum Gasteiger partial charge on any atom is -0.351 e. The fraction of sp³-hybridized carbons (Fsp3) is 0.667. The van der Waals surface area contributed by atoms with Gasteiger partial charge in [0, 0.05) is 6.54 Å². The monoisotopic (exact) mass is 223 g/mol. The maximum Gasteiger partial charge on any atom is 0.318 e. The van der Waals surface area contributed by atoms with Crippen LogP contribution in [0.3, 0.4) is 0 Å². The Kier molecular flexibility index (Phi) is 4.51. The molecule has 3 amide bonds. The van der Waals surface area contributed by atoms with E-state index >= 15 is 0 Å². The van der Waals surface area contributed by atoms with Crippen LogP contribution in [0.5, 0.6) is 0 Å². The second-order valence-electron chi connectivity index (χ2n) is 2.65. The molecule has 14 heavy (non-hydrogen) atoms. The number of sulfone groups is 1. The first-order valence-electron chi connectivity index (χ1n) is 3.83. The number of primary amides is 1. The summed E-state index contributed by atoms with van der Waals surface area (Å²) in [6, 6.07) is -1.08. The zero-order chi connectivity index (χ0) is 11.4. The fourth-order valence-electron chi connectivity index (χ4n) is 0.727. The number of hydrogen-bond acceptors (Lipinski definition) is 5. The molecule has 82 valence electrons. The van der Waals surface area contributed by atoms with Crippen LogP contribution in [0.25, 0.3) is 0 Å². The van der Waals surface area contributed by atoms with E-state index in [0.29, 0.717) is 0 Å². The van der Waals surface area contributed by atoms with Gasteiger partial charge in [-0.3, -0.25) is 10.1 Å². The van der Waals surface area contributed by atoms with Crippen LogP contribution in [0, 0.1) is 0 Å².